The summed E-state index contributed by atoms with van der Waals surface area (Å²) in [6, 6.07) is 10.6. The summed E-state index contributed by atoms with van der Waals surface area (Å²) in [5, 5.41) is 3.52. The quantitative estimate of drug-likeness (QED) is 0.522. The van der Waals surface area contributed by atoms with Crippen LogP contribution in [-0.4, -0.2) is 63.8 Å². The van der Waals surface area contributed by atoms with Gasteiger partial charge in [0.1, 0.15) is 0 Å². The molecule has 24 heavy (non-hydrogen) atoms. The number of piperazine rings is 1. The lowest BCUT2D eigenvalue weighted by Crippen LogP contribution is -2.52. The minimum Gasteiger partial charge on any atom is -0.377 e. The highest BCUT2D eigenvalue weighted by atomic mass is 16.5. The van der Waals surface area contributed by atoms with Crippen LogP contribution in [0.3, 0.4) is 0 Å². The third-order valence-corrected chi connectivity index (χ3v) is 4.70. The lowest BCUT2D eigenvalue weighted by Gasteiger charge is -2.37. The van der Waals surface area contributed by atoms with Gasteiger partial charge in [-0.15, -0.1) is 0 Å². The molecule has 0 aliphatic carbocycles. The highest BCUT2D eigenvalue weighted by molar-refractivity contribution is 5.80. The Labute approximate surface area is 145 Å². The highest BCUT2D eigenvalue weighted by Gasteiger charge is 2.19. The summed E-state index contributed by atoms with van der Waals surface area (Å²) in [5.74, 6) is 1.02. The molecule has 0 aromatic heterocycles. The average Bonchev–Trinajstić information content (AvgIpc) is 2.67. The number of para-hydroxylation sites is 1. The molecule has 0 radical (unpaired) electrons. The average molecular weight is 328 g/mol. The molecular formula is C19H28N4O. The number of anilines is 1. The van der Waals surface area contributed by atoms with Crippen molar-refractivity contribution in [2.75, 3.05) is 57.9 Å². The first-order valence-electron chi connectivity index (χ1n) is 8.88. The number of nitrogens with one attached hydrogen (secondary N) is 1. The van der Waals surface area contributed by atoms with Gasteiger partial charge in [-0.2, -0.15) is 0 Å². The minimum atomic E-state index is 0.769. The Bertz CT molecular complexity index is 562. The molecule has 0 bridgehead atoms. The van der Waals surface area contributed by atoms with Crippen molar-refractivity contribution in [3.63, 3.8) is 0 Å². The molecule has 0 amide bonds. The molecule has 1 saturated heterocycles. The van der Waals surface area contributed by atoms with Gasteiger partial charge in [0.05, 0.1) is 13.2 Å². The highest BCUT2D eigenvalue weighted by Crippen LogP contribution is 2.15. The molecular weight excluding hydrogens is 300 g/mol. The molecule has 2 aliphatic heterocycles. The van der Waals surface area contributed by atoms with Gasteiger partial charge in [-0.05, 0) is 25.0 Å². The predicted molar refractivity (Wildman–Crippen MR) is 99.7 cm³/mol. The van der Waals surface area contributed by atoms with Crippen LogP contribution in [0.25, 0.3) is 0 Å². The summed E-state index contributed by atoms with van der Waals surface area (Å²) in [7, 11) is 1.87. The number of benzene rings is 1. The van der Waals surface area contributed by atoms with E-state index in [2.05, 4.69) is 56.5 Å². The van der Waals surface area contributed by atoms with Gasteiger partial charge in [0.25, 0.3) is 0 Å². The van der Waals surface area contributed by atoms with E-state index in [-0.39, 0.29) is 0 Å². The maximum Gasteiger partial charge on any atom is 0.193 e. The summed E-state index contributed by atoms with van der Waals surface area (Å²) in [6.45, 7) is 6.65. The number of hydrogen-bond donors (Lipinski definition) is 1. The van der Waals surface area contributed by atoms with E-state index >= 15 is 0 Å². The van der Waals surface area contributed by atoms with E-state index in [0.29, 0.717) is 0 Å². The molecule has 1 N–H and O–H groups in total. The smallest absolute Gasteiger partial charge is 0.193 e. The fraction of sp³-hybridized carbons (Fsp3) is 0.526. The van der Waals surface area contributed by atoms with Gasteiger partial charge in [0, 0.05) is 45.5 Å². The van der Waals surface area contributed by atoms with Gasteiger partial charge in [-0.1, -0.05) is 29.8 Å². The Morgan fingerprint density at radius 2 is 1.96 bits per heavy atom. The first-order valence-corrected chi connectivity index (χ1v) is 8.88. The van der Waals surface area contributed by atoms with Gasteiger partial charge in [-0.3, -0.25) is 4.99 Å². The van der Waals surface area contributed by atoms with Crippen LogP contribution in [-0.2, 0) is 4.74 Å². The van der Waals surface area contributed by atoms with Crippen molar-refractivity contribution >= 4 is 11.6 Å². The van der Waals surface area contributed by atoms with Crippen LogP contribution in [0.15, 0.2) is 47.0 Å². The molecule has 0 unspecified atom stereocenters. The molecule has 0 atom stereocenters. The lowest BCUT2D eigenvalue weighted by atomic mass is 10.1. The molecule has 5 heteroatoms. The zero-order valence-corrected chi connectivity index (χ0v) is 14.6. The van der Waals surface area contributed by atoms with Crippen LogP contribution in [0.2, 0.25) is 0 Å². The third-order valence-electron chi connectivity index (χ3n) is 4.70. The second-order valence-electron chi connectivity index (χ2n) is 6.22. The Hall–Kier alpha value is -2.01. The molecule has 3 rings (SSSR count). The largest absolute Gasteiger partial charge is 0.377 e. The van der Waals surface area contributed by atoms with Crippen molar-refractivity contribution in [1.82, 2.24) is 10.2 Å². The first-order chi connectivity index (χ1) is 11.9. The molecule has 2 heterocycles. The monoisotopic (exact) mass is 328 g/mol. The molecule has 0 saturated carbocycles. The number of guanidine groups is 1. The van der Waals surface area contributed by atoms with Gasteiger partial charge in [0.2, 0.25) is 0 Å². The Kier molecular flexibility index (Phi) is 6.13. The van der Waals surface area contributed by atoms with Crippen LogP contribution >= 0.6 is 0 Å². The molecule has 1 aromatic carbocycles. The fourth-order valence-corrected chi connectivity index (χ4v) is 3.27. The second kappa shape index (κ2) is 8.73. The van der Waals surface area contributed by atoms with Crippen LogP contribution in [0.1, 0.15) is 12.8 Å². The van der Waals surface area contributed by atoms with Crippen molar-refractivity contribution in [1.29, 1.82) is 0 Å². The van der Waals surface area contributed by atoms with Gasteiger partial charge >= 0.3 is 0 Å². The van der Waals surface area contributed by atoms with Gasteiger partial charge in [-0.25, -0.2) is 0 Å². The normalized spacial score (nSPS) is 19.2. The molecule has 2 aliphatic rings. The standard InChI is InChI=1S/C19H28N4O/c1-20-19(21-10-7-17-8-15-24-16-9-17)23-13-11-22(12-14-23)18-5-3-2-4-6-18/h2-6,8H,7,9-16H2,1H3,(H,20,21). The third kappa shape index (κ3) is 4.51. The zero-order valence-electron chi connectivity index (χ0n) is 14.6. The maximum absolute atomic E-state index is 5.36. The summed E-state index contributed by atoms with van der Waals surface area (Å²) in [4.78, 5) is 9.26. The maximum atomic E-state index is 5.36. The molecule has 5 nitrogen and oxygen atoms in total. The SMILES string of the molecule is CN=C(NCCC1=CCOCC1)N1CCN(c2ccccc2)CC1. The number of hydrogen-bond acceptors (Lipinski definition) is 3. The van der Waals surface area contributed by atoms with Gasteiger partial charge < -0.3 is 19.9 Å². The van der Waals surface area contributed by atoms with Crippen molar-refractivity contribution in [2.24, 2.45) is 4.99 Å². The van der Waals surface area contributed by atoms with Crippen LogP contribution in [0.5, 0.6) is 0 Å². The zero-order chi connectivity index (χ0) is 16.6. The summed E-state index contributed by atoms with van der Waals surface area (Å²) in [5.41, 5.74) is 2.81. The summed E-state index contributed by atoms with van der Waals surface area (Å²) >= 11 is 0. The minimum absolute atomic E-state index is 0.769. The van der Waals surface area contributed by atoms with E-state index in [1.165, 1.54) is 11.3 Å². The van der Waals surface area contributed by atoms with Crippen LogP contribution < -0.4 is 10.2 Å². The van der Waals surface area contributed by atoms with E-state index in [0.717, 1.165) is 64.7 Å². The molecule has 1 fully saturated rings. The summed E-state index contributed by atoms with van der Waals surface area (Å²) < 4.78 is 5.36. The first kappa shape index (κ1) is 16.8. The Morgan fingerprint density at radius 1 is 1.17 bits per heavy atom. The topological polar surface area (TPSA) is 40.1 Å². The van der Waals surface area contributed by atoms with E-state index < -0.39 is 0 Å². The van der Waals surface area contributed by atoms with Crippen molar-refractivity contribution in [3.8, 4) is 0 Å². The Morgan fingerprint density at radius 3 is 2.62 bits per heavy atom. The number of rotatable bonds is 4. The van der Waals surface area contributed by atoms with Crippen LogP contribution in [0, 0.1) is 0 Å². The fourth-order valence-electron chi connectivity index (χ4n) is 3.27. The number of nitrogens with zero attached hydrogens (tertiary/aromatic N) is 3. The Balaban J connectivity index is 1.44. The van der Waals surface area contributed by atoms with E-state index in [9.17, 15) is 0 Å². The van der Waals surface area contributed by atoms with E-state index in [4.69, 9.17) is 4.74 Å². The van der Waals surface area contributed by atoms with E-state index in [1.807, 2.05) is 7.05 Å². The molecule has 1 aromatic rings. The predicted octanol–water partition coefficient (Wildman–Crippen LogP) is 2.12. The van der Waals surface area contributed by atoms with Crippen LogP contribution in [0.4, 0.5) is 5.69 Å². The number of ether oxygens (including phenoxy) is 1. The summed E-state index contributed by atoms with van der Waals surface area (Å²) in [6.07, 6.45) is 4.36. The number of aliphatic imine (C=N–C) groups is 1. The van der Waals surface area contributed by atoms with Crippen molar-refractivity contribution < 1.29 is 4.74 Å². The van der Waals surface area contributed by atoms with Gasteiger partial charge in [0.15, 0.2) is 5.96 Å². The van der Waals surface area contributed by atoms with Crippen molar-refractivity contribution in [2.45, 2.75) is 12.8 Å². The molecule has 130 valence electrons. The van der Waals surface area contributed by atoms with Crippen molar-refractivity contribution in [3.05, 3.63) is 42.0 Å². The van der Waals surface area contributed by atoms with E-state index in [1.54, 1.807) is 0 Å². The lowest BCUT2D eigenvalue weighted by molar-refractivity contribution is 0.153. The molecule has 0 spiro atoms. The second-order valence-corrected chi connectivity index (χ2v) is 6.22.